The van der Waals surface area contributed by atoms with E-state index in [0.29, 0.717) is 19.2 Å². The number of carbonyl (C=O) groups is 1. The van der Waals surface area contributed by atoms with Crippen molar-refractivity contribution in [1.29, 1.82) is 0 Å². The predicted octanol–water partition coefficient (Wildman–Crippen LogP) is 0.905. The highest BCUT2D eigenvalue weighted by atomic mass is 35.5. The van der Waals surface area contributed by atoms with E-state index in [9.17, 15) is 4.79 Å². The maximum absolute atomic E-state index is 12.5. The van der Waals surface area contributed by atoms with Crippen LogP contribution in [0, 0.1) is 0 Å². The van der Waals surface area contributed by atoms with Crippen molar-refractivity contribution in [2.24, 2.45) is 0 Å². The third-order valence-electron chi connectivity index (χ3n) is 4.53. The highest BCUT2D eigenvalue weighted by Gasteiger charge is 2.35. The van der Waals surface area contributed by atoms with Gasteiger partial charge in [0.15, 0.2) is 0 Å². The number of likely N-dealkylation sites (tertiary alicyclic amines) is 2. The highest BCUT2D eigenvalue weighted by Crippen LogP contribution is 2.21. The number of hydrogen-bond donors (Lipinski definition) is 1. The Labute approximate surface area is 139 Å². The molecule has 7 heteroatoms. The second-order valence-corrected chi connectivity index (χ2v) is 5.90. The van der Waals surface area contributed by atoms with Gasteiger partial charge in [0.1, 0.15) is 6.10 Å². The lowest BCUT2D eigenvalue weighted by atomic mass is 10.2. The lowest BCUT2D eigenvalue weighted by Gasteiger charge is -2.32. The Kier molecular flexibility index (Phi) is 8.27. The van der Waals surface area contributed by atoms with Crippen LogP contribution in [0.15, 0.2) is 0 Å². The highest BCUT2D eigenvalue weighted by molar-refractivity contribution is 5.85. The number of nitrogens with one attached hydrogen (secondary N) is 1. The molecule has 3 heterocycles. The normalized spacial score (nSPS) is 29.8. The summed E-state index contributed by atoms with van der Waals surface area (Å²) in [5.41, 5.74) is 0. The van der Waals surface area contributed by atoms with Crippen LogP contribution >= 0.6 is 24.8 Å². The molecule has 3 aliphatic rings. The molecular formula is C14H27Cl2N3O2. The van der Waals surface area contributed by atoms with E-state index in [1.807, 2.05) is 0 Å². The summed E-state index contributed by atoms with van der Waals surface area (Å²) in [5, 5.41) is 3.24. The number of ether oxygens (including phenoxy) is 1. The van der Waals surface area contributed by atoms with Crippen LogP contribution in [0.2, 0.25) is 0 Å². The minimum absolute atomic E-state index is 0. The average Bonchev–Trinajstić information content (AvgIpc) is 3.11. The second-order valence-electron chi connectivity index (χ2n) is 5.90. The summed E-state index contributed by atoms with van der Waals surface area (Å²) in [6.45, 7) is 6.58. The van der Waals surface area contributed by atoms with E-state index < -0.39 is 0 Å². The van der Waals surface area contributed by atoms with E-state index in [1.165, 1.54) is 25.9 Å². The average molecular weight is 340 g/mol. The van der Waals surface area contributed by atoms with Gasteiger partial charge in [-0.2, -0.15) is 0 Å². The summed E-state index contributed by atoms with van der Waals surface area (Å²) < 4.78 is 5.60. The molecule has 0 spiro atoms. The fourth-order valence-electron chi connectivity index (χ4n) is 3.49. The van der Waals surface area contributed by atoms with Crippen molar-refractivity contribution in [2.45, 2.75) is 37.8 Å². The van der Waals surface area contributed by atoms with E-state index in [1.54, 1.807) is 0 Å². The summed E-state index contributed by atoms with van der Waals surface area (Å²) >= 11 is 0. The first kappa shape index (κ1) is 19.0. The molecule has 0 aromatic carbocycles. The van der Waals surface area contributed by atoms with Gasteiger partial charge in [-0.3, -0.25) is 4.79 Å². The molecule has 2 atom stereocenters. The molecule has 0 aliphatic carbocycles. The SMILES string of the molecule is Cl.Cl.O=C(C1CNCCO1)N1CCCC1CN1CCCC1. The van der Waals surface area contributed by atoms with Gasteiger partial charge in [0, 0.05) is 32.2 Å². The zero-order chi connectivity index (χ0) is 13.1. The van der Waals surface area contributed by atoms with Crippen molar-refractivity contribution < 1.29 is 9.53 Å². The van der Waals surface area contributed by atoms with Crippen molar-refractivity contribution in [3.63, 3.8) is 0 Å². The maximum atomic E-state index is 12.5. The van der Waals surface area contributed by atoms with Gasteiger partial charge in [0.2, 0.25) is 0 Å². The number of hydrogen-bond acceptors (Lipinski definition) is 4. The van der Waals surface area contributed by atoms with Crippen LogP contribution in [0.4, 0.5) is 0 Å². The van der Waals surface area contributed by atoms with Crippen LogP contribution in [0.25, 0.3) is 0 Å². The molecule has 3 fully saturated rings. The Balaban J connectivity index is 0.00000110. The van der Waals surface area contributed by atoms with Gasteiger partial charge in [0.05, 0.1) is 6.61 Å². The van der Waals surface area contributed by atoms with Crippen molar-refractivity contribution in [2.75, 3.05) is 45.9 Å². The zero-order valence-corrected chi connectivity index (χ0v) is 14.1. The standard InChI is InChI=1S/C14H25N3O2.2ClH/c18-14(13-10-15-5-9-19-13)17-8-3-4-12(17)11-16-6-1-2-7-16;;/h12-13,15H,1-11H2;2*1H. The topological polar surface area (TPSA) is 44.8 Å². The second kappa shape index (κ2) is 9.16. The minimum atomic E-state index is -0.257. The summed E-state index contributed by atoms with van der Waals surface area (Å²) in [4.78, 5) is 17.1. The molecule has 21 heavy (non-hydrogen) atoms. The van der Waals surface area contributed by atoms with Gasteiger partial charge in [-0.05, 0) is 38.8 Å². The number of carbonyl (C=O) groups excluding carboxylic acids is 1. The Bertz CT molecular complexity index is 321. The Hall–Kier alpha value is -0.0700. The molecule has 2 unspecified atom stereocenters. The summed E-state index contributed by atoms with van der Waals surface area (Å²) in [7, 11) is 0. The van der Waals surface area contributed by atoms with Crippen LogP contribution in [0.1, 0.15) is 25.7 Å². The lowest BCUT2D eigenvalue weighted by molar-refractivity contribution is -0.146. The minimum Gasteiger partial charge on any atom is -0.366 e. The molecule has 124 valence electrons. The van der Waals surface area contributed by atoms with Gasteiger partial charge in [0.25, 0.3) is 5.91 Å². The van der Waals surface area contributed by atoms with Gasteiger partial charge >= 0.3 is 0 Å². The number of halogens is 2. The maximum Gasteiger partial charge on any atom is 0.253 e. The lowest BCUT2D eigenvalue weighted by Crippen LogP contribution is -2.52. The van der Waals surface area contributed by atoms with Crippen LogP contribution < -0.4 is 5.32 Å². The monoisotopic (exact) mass is 339 g/mol. The van der Waals surface area contributed by atoms with Crippen LogP contribution in [0.5, 0.6) is 0 Å². The van der Waals surface area contributed by atoms with Crippen molar-refractivity contribution in [3.05, 3.63) is 0 Å². The van der Waals surface area contributed by atoms with E-state index >= 15 is 0 Å². The van der Waals surface area contributed by atoms with Gasteiger partial charge in [-0.15, -0.1) is 24.8 Å². The van der Waals surface area contributed by atoms with Crippen molar-refractivity contribution >= 4 is 30.7 Å². The fraction of sp³-hybridized carbons (Fsp3) is 0.929. The first-order chi connectivity index (χ1) is 9.34. The molecule has 0 bridgehead atoms. The molecule has 0 saturated carbocycles. The van der Waals surface area contributed by atoms with E-state index in [-0.39, 0.29) is 36.8 Å². The Morgan fingerprint density at radius 2 is 1.90 bits per heavy atom. The smallest absolute Gasteiger partial charge is 0.253 e. The van der Waals surface area contributed by atoms with E-state index in [0.717, 1.165) is 32.5 Å². The molecule has 1 N–H and O–H groups in total. The summed E-state index contributed by atoms with van der Waals surface area (Å²) in [6.07, 6.45) is 4.67. The third-order valence-corrected chi connectivity index (χ3v) is 4.53. The van der Waals surface area contributed by atoms with Crippen molar-refractivity contribution in [3.8, 4) is 0 Å². The summed E-state index contributed by atoms with van der Waals surface area (Å²) in [6, 6.07) is 0.413. The van der Waals surface area contributed by atoms with E-state index in [2.05, 4.69) is 15.1 Å². The molecule has 3 saturated heterocycles. The molecule has 0 radical (unpaired) electrons. The van der Waals surface area contributed by atoms with Crippen LogP contribution in [-0.2, 0) is 9.53 Å². The molecule has 3 rings (SSSR count). The molecule has 5 nitrogen and oxygen atoms in total. The molecule has 1 amide bonds. The fourth-order valence-corrected chi connectivity index (χ4v) is 3.49. The number of amides is 1. The van der Waals surface area contributed by atoms with Gasteiger partial charge < -0.3 is 19.9 Å². The number of morpholine rings is 1. The Morgan fingerprint density at radius 3 is 2.57 bits per heavy atom. The third kappa shape index (κ3) is 4.70. The summed E-state index contributed by atoms with van der Waals surface area (Å²) in [5.74, 6) is 0.203. The zero-order valence-electron chi connectivity index (χ0n) is 12.5. The van der Waals surface area contributed by atoms with Gasteiger partial charge in [-0.1, -0.05) is 0 Å². The Morgan fingerprint density at radius 1 is 1.14 bits per heavy atom. The van der Waals surface area contributed by atoms with E-state index in [4.69, 9.17) is 4.74 Å². The quantitative estimate of drug-likeness (QED) is 0.829. The van der Waals surface area contributed by atoms with Gasteiger partial charge in [-0.25, -0.2) is 0 Å². The van der Waals surface area contributed by atoms with Crippen LogP contribution in [-0.4, -0.2) is 73.7 Å². The van der Waals surface area contributed by atoms with Crippen LogP contribution in [0.3, 0.4) is 0 Å². The largest absolute Gasteiger partial charge is 0.366 e. The predicted molar refractivity (Wildman–Crippen MR) is 87.5 cm³/mol. The molecular weight excluding hydrogens is 313 g/mol. The molecule has 3 aliphatic heterocycles. The molecule has 0 aromatic heterocycles. The first-order valence-corrected chi connectivity index (χ1v) is 7.70. The molecule has 0 aromatic rings. The van der Waals surface area contributed by atoms with Crippen molar-refractivity contribution in [1.82, 2.24) is 15.1 Å². The number of rotatable bonds is 3. The number of nitrogens with zero attached hydrogens (tertiary/aromatic N) is 2. The first-order valence-electron chi connectivity index (χ1n) is 7.70.